The Morgan fingerprint density at radius 3 is 2.69 bits per heavy atom. The maximum atomic E-state index is 9.40. The number of aliphatic hydroxyl groups is 1. The van der Waals surface area contributed by atoms with Crippen molar-refractivity contribution in [1.29, 1.82) is 0 Å². The van der Waals surface area contributed by atoms with Crippen LogP contribution in [0.2, 0.25) is 0 Å². The Kier molecular flexibility index (Phi) is 3.53. The van der Waals surface area contributed by atoms with Crippen LogP contribution < -0.4 is 0 Å². The minimum atomic E-state index is 0.0770. The van der Waals surface area contributed by atoms with Gasteiger partial charge in [0, 0.05) is 0 Å². The third kappa shape index (κ3) is 2.92. The highest BCUT2D eigenvalue weighted by molar-refractivity contribution is 5.33. The molecule has 0 radical (unpaired) electrons. The summed E-state index contributed by atoms with van der Waals surface area (Å²) in [7, 11) is 0. The average Bonchev–Trinajstić information content (AvgIpc) is 2.16. The first-order valence-corrected chi connectivity index (χ1v) is 4.27. The van der Waals surface area contributed by atoms with Crippen LogP contribution in [-0.4, -0.2) is 16.8 Å². The van der Waals surface area contributed by atoms with Gasteiger partial charge in [0.1, 0.15) is 5.75 Å². The highest BCUT2D eigenvalue weighted by Gasteiger charge is 1.96. The van der Waals surface area contributed by atoms with E-state index in [2.05, 4.69) is 0 Å². The molecule has 1 aromatic rings. The fraction of sp³-hybridized carbons (Fsp3) is 0.273. The van der Waals surface area contributed by atoms with Crippen LogP contribution in [0.4, 0.5) is 0 Å². The summed E-state index contributed by atoms with van der Waals surface area (Å²) in [5, 5.41) is 18.2. The van der Waals surface area contributed by atoms with Crippen LogP contribution in [-0.2, 0) is 6.42 Å². The fourth-order valence-electron chi connectivity index (χ4n) is 1.03. The van der Waals surface area contributed by atoms with Crippen LogP contribution in [0.3, 0.4) is 0 Å². The SMILES string of the molecule is C/C(=C/Cc1ccccc1O)CO. The lowest BCUT2D eigenvalue weighted by atomic mass is 10.1. The lowest BCUT2D eigenvalue weighted by Gasteiger charge is -2.00. The van der Waals surface area contributed by atoms with E-state index < -0.39 is 0 Å². The number of para-hydroxylation sites is 1. The molecule has 0 atom stereocenters. The van der Waals surface area contributed by atoms with E-state index in [1.807, 2.05) is 25.1 Å². The van der Waals surface area contributed by atoms with Gasteiger partial charge >= 0.3 is 0 Å². The van der Waals surface area contributed by atoms with Gasteiger partial charge in [0.15, 0.2) is 0 Å². The van der Waals surface area contributed by atoms with Gasteiger partial charge in [-0.3, -0.25) is 0 Å². The lowest BCUT2D eigenvalue weighted by Crippen LogP contribution is -1.87. The molecule has 13 heavy (non-hydrogen) atoms. The molecular weight excluding hydrogens is 164 g/mol. The van der Waals surface area contributed by atoms with E-state index in [9.17, 15) is 5.11 Å². The highest BCUT2D eigenvalue weighted by Crippen LogP contribution is 2.16. The molecule has 1 aromatic carbocycles. The molecule has 2 heteroatoms. The van der Waals surface area contributed by atoms with Crippen LogP contribution in [0, 0.1) is 0 Å². The summed E-state index contributed by atoms with van der Waals surface area (Å²) in [4.78, 5) is 0. The smallest absolute Gasteiger partial charge is 0.119 e. The summed E-state index contributed by atoms with van der Waals surface area (Å²) in [6.45, 7) is 1.94. The van der Waals surface area contributed by atoms with Crippen molar-refractivity contribution in [2.75, 3.05) is 6.61 Å². The first-order chi connectivity index (χ1) is 6.24. The Balaban J connectivity index is 2.70. The number of hydrogen-bond acceptors (Lipinski definition) is 2. The molecule has 0 spiro atoms. The van der Waals surface area contributed by atoms with Gasteiger partial charge in [-0.1, -0.05) is 29.8 Å². The van der Waals surface area contributed by atoms with Gasteiger partial charge in [-0.05, 0) is 25.0 Å². The van der Waals surface area contributed by atoms with Crippen molar-refractivity contribution in [3.63, 3.8) is 0 Å². The Bertz CT molecular complexity index is 303. The molecule has 0 saturated carbocycles. The largest absolute Gasteiger partial charge is 0.508 e. The fourth-order valence-corrected chi connectivity index (χ4v) is 1.03. The summed E-state index contributed by atoms with van der Waals surface area (Å²) in [6, 6.07) is 7.21. The van der Waals surface area contributed by atoms with Gasteiger partial charge in [0.25, 0.3) is 0 Å². The van der Waals surface area contributed by atoms with E-state index in [1.54, 1.807) is 12.1 Å². The molecule has 0 saturated heterocycles. The number of phenols is 1. The van der Waals surface area contributed by atoms with Crippen LogP contribution in [0.1, 0.15) is 12.5 Å². The Hall–Kier alpha value is -1.28. The maximum absolute atomic E-state index is 9.40. The Labute approximate surface area is 78.2 Å². The van der Waals surface area contributed by atoms with E-state index in [0.29, 0.717) is 12.2 Å². The molecule has 1 rings (SSSR count). The second-order valence-corrected chi connectivity index (χ2v) is 3.04. The number of aromatic hydroxyl groups is 1. The third-order valence-electron chi connectivity index (χ3n) is 1.91. The van der Waals surface area contributed by atoms with Crippen LogP contribution in [0.5, 0.6) is 5.75 Å². The number of hydrogen-bond donors (Lipinski definition) is 2. The van der Waals surface area contributed by atoms with Crippen LogP contribution >= 0.6 is 0 Å². The van der Waals surface area contributed by atoms with Gasteiger partial charge in [0.05, 0.1) is 6.61 Å². The summed E-state index contributed by atoms with van der Waals surface area (Å²) >= 11 is 0. The zero-order chi connectivity index (χ0) is 9.68. The zero-order valence-electron chi connectivity index (χ0n) is 7.70. The molecule has 2 nitrogen and oxygen atoms in total. The van der Waals surface area contributed by atoms with Crippen molar-refractivity contribution >= 4 is 0 Å². The molecule has 0 aliphatic carbocycles. The van der Waals surface area contributed by atoms with Crippen LogP contribution in [0.25, 0.3) is 0 Å². The number of phenolic OH excluding ortho intramolecular Hbond substituents is 1. The maximum Gasteiger partial charge on any atom is 0.119 e. The number of allylic oxidation sites excluding steroid dienone is 1. The molecule has 0 aliphatic rings. The lowest BCUT2D eigenvalue weighted by molar-refractivity contribution is 0.331. The molecule has 0 unspecified atom stereocenters. The van der Waals surface area contributed by atoms with Crippen LogP contribution in [0.15, 0.2) is 35.9 Å². The molecule has 0 amide bonds. The Morgan fingerprint density at radius 1 is 1.38 bits per heavy atom. The van der Waals surface area contributed by atoms with Crippen molar-refractivity contribution in [3.05, 3.63) is 41.5 Å². The van der Waals surface area contributed by atoms with Gasteiger partial charge in [0.2, 0.25) is 0 Å². The highest BCUT2D eigenvalue weighted by atomic mass is 16.3. The third-order valence-corrected chi connectivity index (χ3v) is 1.91. The van der Waals surface area contributed by atoms with Gasteiger partial charge in [-0.15, -0.1) is 0 Å². The van der Waals surface area contributed by atoms with Crippen molar-refractivity contribution < 1.29 is 10.2 Å². The minimum Gasteiger partial charge on any atom is -0.508 e. The van der Waals surface area contributed by atoms with E-state index in [4.69, 9.17) is 5.11 Å². The second kappa shape index (κ2) is 4.67. The molecule has 2 N–H and O–H groups in total. The quantitative estimate of drug-likeness (QED) is 0.694. The summed E-state index contributed by atoms with van der Waals surface area (Å²) < 4.78 is 0. The number of aliphatic hydroxyl groups excluding tert-OH is 1. The van der Waals surface area contributed by atoms with E-state index in [1.165, 1.54) is 0 Å². The van der Waals surface area contributed by atoms with Gasteiger partial charge < -0.3 is 10.2 Å². The zero-order valence-corrected chi connectivity index (χ0v) is 7.70. The number of rotatable bonds is 3. The topological polar surface area (TPSA) is 40.5 Å². The van der Waals surface area contributed by atoms with Crippen molar-refractivity contribution in [3.8, 4) is 5.75 Å². The average molecular weight is 178 g/mol. The van der Waals surface area contributed by atoms with E-state index in [0.717, 1.165) is 11.1 Å². The predicted molar refractivity (Wildman–Crippen MR) is 52.7 cm³/mol. The first-order valence-electron chi connectivity index (χ1n) is 4.27. The van der Waals surface area contributed by atoms with Crippen molar-refractivity contribution in [1.82, 2.24) is 0 Å². The normalized spacial score (nSPS) is 11.7. The van der Waals surface area contributed by atoms with Crippen molar-refractivity contribution in [2.45, 2.75) is 13.3 Å². The summed E-state index contributed by atoms with van der Waals surface area (Å²) in [6.07, 6.45) is 2.58. The van der Waals surface area contributed by atoms with Gasteiger partial charge in [-0.25, -0.2) is 0 Å². The summed E-state index contributed by atoms with van der Waals surface area (Å²) in [5.41, 5.74) is 1.80. The standard InChI is InChI=1S/C11H14O2/c1-9(8-12)6-7-10-4-2-3-5-11(10)13/h2-6,12-13H,7-8H2,1H3/b9-6-. The van der Waals surface area contributed by atoms with E-state index >= 15 is 0 Å². The molecular formula is C11H14O2. The summed E-state index contributed by atoms with van der Waals surface area (Å²) in [5.74, 6) is 0.310. The second-order valence-electron chi connectivity index (χ2n) is 3.04. The van der Waals surface area contributed by atoms with E-state index in [-0.39, 0.29) is 6.61 Å². The minimum absolute atomic E-state index is 0.0770. The molecule has 0 aromatic heterocycles. The van der Waals surface area contributed by atoms with Crippen molar-refractivity contribution in [2.24, 2.45) is 0 Å². The monoisotopic (exact) mass is 178 g/mol. The first kappa shape index (κ1) is 9.81. The molecule has 0 fully saturated rings. The molecule has 70 valence electrons. The Morgan fingerprint density at radius 2 is 2.08 bits per heavy atom. The molecule has 0 bridgehead atoms. The molecule has 0 aliphatic heterocycles. The predicted octanol–water partition coefficient (Wildman–Crippen LogP) is 1.87. The van der Waals surface area contributed by atoms with Gasteiger partial charge in [-0.2, -0.15) is 0 Å². The number of benzene rings is 1. The molecule has 0 heterocycles.